The van der Waals surface area contributed by atoms with Gasteiger partial charge in [-0.3, -0.25) is 0 Å². The molecule has 0 N–H and O–H groups in total. The normalized spacial score (nSPS) is 12.7. The maximum Gasteiger partial charge on any atom is 0.00308 e. The van der Waals surface area contributed by atoms with Gasteiger partial charge in [-0.25, -0.2) is 0 Å². The van der Waals surface area contributed by atoms with E-state index >= 15 is 0 Å². The topological polar surface area (TPSA) is 26.3 Å². The fraction of sp³-hybridized carbons (Fsp3) is 1.00. The van der Waals surface area contributed by atoms with Crippen LogP contribution in [0.4, 0.5) is 0 Å². The van der Waals surface area contributed by atoms with Crippen molar-refractivity contribution in [2.45, 2.75) is 39.2 Å². The van der Waals surface area contributed by atoms with Crippen LogP contribution in [0.5, 0.6) is 0 Å². The molecule has 0 bridgehead atoms. The molecule has 2 heteroatoms. The molecule has 0 rings (SSSR count). The SMILES string of the molecule is CCCC(C)(C)N(C)[O-]. The third-order valence-corrected chi connectivity index (χ3v) is 1.71. The minimum atomic E-state index is -0.172. The maximum atomic E-state index is 10.8. The fourth-order valence-corrected chi connectivity index (χ4v) is 0.769. The summed E-state index contributed by atoms with van der Waals surface area (Å²) in [5.41, 5.74) is -0.172. The predicted octanol–water partition coefficient (Wildman–Crippen LogP) is 1.99. The molecule has 0 aliphatic rings. The van der Waals surface area contributed by atoms with E-state index in [-0.39, 0.29) is 5.54 Å². The fourth-order valence-electron chi connectivity index (χ4n) is 0.769. The molecule has 0 aromatic rings. The summed E-state index contributed by atoms with van der Waals surface area (Å²) in [7, 11) is 1.58. The zero-order valence-electron chi connectivity index (χ0n) is 6.77. The van der Waals surface area contributed by atoms with Gasteiger partial charge >= 0.3 is 0 Å². The first-order chi connectivity index (χ1) is 4.00. The molecule has 56 valence electrons. The summed E-state index contributed by atoms with van der Waals surface area (Å²) in [5, 5.41) is 11.8. The number of hydrogen-bond acceptors (Lipinski definition) is 2. The van der Waals surface area contributed by atoms with Gasteiger partial charge in [0.15, 0.2) is 0 Å². The second kappa shape index (κ2) is 3.18. The lowest BCUT2D eigenvalue weighted by Gasteiger charge is -2.40. The van der Waals surface area contributed by atoms with E-state index < -0.39 is 0 Å². The monoisotopic (exact) mass is 130 g/mol. The Kier molecular flexibility index (Phi) is 3.15. The average Bonchev–Trinajstić information content (AvgIpc) is 1.65. The molecule has 0 heterocycles. The van der Waals surface area contributed by atoms with Crippen LogP contribution in [0, 0.1) is 5.21 Å². The highest BCUT2D eigenvalue weighted by Gasteiger charge is 2.14. The van der Waals surface area contributed by atoms with Crippen molar-refractivity contribution >= 4 is 0 Å². The summed E-state index contributed by atoms with van der Waals surface area (Å²) in [6, 6.07) is 0. The lowest BCUT2D eigenvalue weighted by molar-refractivity contribution is 0.208. The van der Waals surface area contributed by atoms with E-state index in [1.165, 1.54) is 0 Å². The minimum absolute atomic E-state index is 0.172. The maximum absolute atomic E-state index is 10.8. The second-order valence-electron chi connectivity index (χ2n) is 3.06. The zero-order valence-corrected chi connectivity index (χ0v) is 6.77. The predicted molar refractivity (Wildman–Crippen MR) is 40.1 cm³/mol. The first-order valence-corrected chi connectivity index (χ1v) is 3.41. The molecular formula is C7H16NO-. The summed E-state index contributed by atoms with van der Waals surface area (Å²) in [6.45, 7) is 6.01. The molecule has 0 aromatic heterocycles. The Morgan fingerprint density at radius 2 is 1.89 bits per heavy atom. The van der Waals surface area contributed by atoms with Crippen molar-refractivity contribution in [3.8, 4) is 0 Å². The molecule has 0 unspecified atom stereocenters. The van der Waals surface area contributed by atoms with Crippen LogP contribution in [0.15, 0.2) is 0 Å². The summed E-state index contributed by atoms with van der Waals surface area (Å²) in [5.74, 6) is 0. The second-order valence-corrected chi connectivity index (χ2v) is 3.06. The molecule has 2 nitrogen and oxygen atoms in total. The molecule has 0 aromatic carbocycles. The van der Waals surface area contributed by atoms with E-state index in [2.05, 4.69) is 6.92 Å². The summed E-state index contributed by atoms with van der Waals surface area (Å²) >= 11 is 0. The highest BCUT2D eigenvalue weighted by Crippen LogP contribution is 2.16. The molecule has 0 saturated carbocycles. The van der Waals surface area contributed by atoms with Gasteiger partial charge in [0.1, 0.15) is 0 Å². The zero-order chi connectivity index (χ0) is 7.49. The number of hydroxylamine groups is 2. The Hall–Kier alpha value is -0.0800. The Balaban J connectivity index is 3.70. The van der Waals surface area contributed by atoms with E-state index in [9.17, 15) is 5.21 Å². The highest BCUT2D eigenvalue weighted by atomic mass is 16.5. The average molecular weight is 130 g/mol. The molecule has 0 saturated heterocycles. The van der Waals surface area contributed by atoms with Gasteiger partial charge in [-0.05, 0) is 27.3 Å². The van der Waals surface area contributed by atoms with Crippen LogP contribution in [0.2, 0.25) is 0 Å². The van der Waals surface area contributed by atoms with Gasteiger partial charge in [-0.1, -0.05) is 13.3 Å². The van der Waals surface area contributed by atoms with Crippen LogP contribution in [0.1, 0.15) is 33.6 Å². The summed E-state index contributed by atoms with van der Waals surface area (Å²) in [4.78, 5) is 0. The van der Waals surface area contributed by atoms with Crippen molar-refractivity contribution in [1.29, 1.82) is 0 Å². The van der Waals surface area contributed by atoms with Gasteiger partial charge in [0.25, 0.3) is 0 Å². The number of rotatable bonds is 3. The van der Waals surface area contributed by atoms with Gasteiger partial charge in [0.2, 0.25) is 0 Å². The highest BCUT2D eigenvalue weighted by molar-refractivity contribution is 4.78. The van der Waals surface area contributed by atoms with Crippen molar-refractivity contribution in [3.05, 3.63) is 5.21 Å². The third-order valence-electron chi connectivity index (χ3n) is 1.71. The van der Waals surface area contributed by atoms with Crippen molar-refractivity contribution in [3.63, 3.8) is 0 Å². The molecule has 0 spiro atoms. The largest absolute Gasteiger partial charge is 0.785 e. The molecule has 0 aliphatic carbocycles. The van der Waals surface area contributed by atoms with Crippen LogP contribution < -0.4 is 0 Å². The van der Waals surface area contributed by atoms with Crippen LogP contribution in [0.25, 0.3) is 0 Å². The van der Waals surface area contributed by atoms with E-state index in [0.717, 1.165) is 17.9 Å². The third kappa shape index (κ3) is 2.82. The molecule has 9 heavy (non-hydrogen) atoms. The molecule has 0 atom stereocenters. The standard InChI is InChI=1S/C7H16NO/c1-5-6-7(2,3)8(4)9/h5-6H2,1-4H3/q-1. The molecule has 0 fully saturated rings. The van der Waals surface area contributed by atoms with Gasteiger partial charge in [0.05, 0.1) is 0 Å². The first-order valence-electron chi connectivity index (χ1n) is 3.41. The van der Waals surface area contributed by atoms with Crippen LogP contribution in [-0.4, -0.2) is 17.6 Å². The Morgan fingerprint density at radius 1 is 1.44 bits per heavy atom. The van der Waals surface area contributed by atoms with E-state index in [4.69, 9.17) is 0 Å². The van der Waals surface area contributed by atoms with Gasteiger partial charge in [-0.15, -0.1) is 0 Å². The molecule has 0 radical (unpaired) electrons. The van der Waals surface area contributed by atoms with Crippen molar-refractivity contribution in [1.82, 2.24) is 5.06 Å². The lowest BCUT2D eigenvalue weighted by atomic mass is 9.99. The first kappa shape index (κ1) is 8.92. The smallest absolute Gasteiger partial charge is 0.00308 e. The van der Waals surface area contributed by atoms with Gasteiger partial charge < -0.3 is 10.3 Å². The molecule has 0 amide bonds. The minimum Gasteiger partial charge on any atom is -0.785 e. The number of hydrogen-bond donors (Lipinski definition) is 0. The summed E-state index contributed by atoms with van der Waals surface area (Å²) in [6.07, 6.45) is 2.03. The lowest BCUT2D eigenvalue weighted by Crippen LogP contribution is -2.36. The molecule has 0 aliphatic heterocycles. The van der Waals surface area contributed by atoms with Crippen LogP contribution >= 0.6 is 0 Å². The Bertz CT molecular complexity index is 79.0. The van der Waals surface area contributed by atoms with Gasteiger partial charge in [0, 0.05) is 5.54 Å². The Morgan fingerprint density at radius 3 is 2.00 bits per heavy atom. The van der Waals surface area contributed by atoms with E-state index in [1.807, 2.05) is 13.8 Å². The van der Waals surface area contributed by atoms with Gasteiger partial charge in [-0.2, -0.15) is 0 Å². The van der Waals surface area contributed by atoms with E-state index in [1.54, 1.807) is 7.05 Å². The number of nitrogens with zero attached hydrogens (tertiary/aromatic N) is 1. The van der Waals surface area contributed by atoms with Crippen LogP contribution in [-0.2, 0) is 0 Å². The van der Waals surface area contributed by atoms with Crippen molar-refractivity contribution in [2.75, 3.05) is 7.05 Å². The van der Waals surface area contributed by atoms with E-state index in [0.29, 0.717) is 0 Å². The molecular weight excluding hydrogens is 114 g/mol. The summed E-state index contributed by atoms with van der Waals surface area (Å²) < 4.78 is 0. The van der Waals surface area contributed by atoms with Crippen molar-refractivity contribution < 1.29 is 0 Å². The Labute approximate surface area is 57.4 Å². The quantitative estimate of drug-likeness (QED) is 0.546. The van der Waals surface area contributed by atoms with Crippen LogP contribution in [0.3, 0.4) is 0 Å². The van der Waals surface area contributed by atoms with Crippen molar-refractivity contribution in [2.24, 2.45) is 0 Å².